The van der Waals surface area contributed by atoms with Gasteiger partial charge in [-0.25, -0.2) is 9.18 Å². The third-order valence-electron chi connectivity index (χ3n) is 3.76. The third kappa shape index (κ3) is 2.26. The second kappa shape index (κ2) is 4.62. The van der Waals surface area contributed by atoms with Gasteiger partial charge in [0, 0.05) is 5.56 Å². The van der Waals surface area contributed by atoms with Gasteiger partial charge in [0.25, 0.3) is 0 Å². The van der Waals surface area contributed by atoms with E-state index in [1.165, 1.54) is 12.1 Å². The van der Waals surface area contributed by atoms with Crippen molar-refractivity contribution >= 4 is 17.7 Å². The molecule has 0 saturated heterocycles. The Hall–Kier alpha value is -1.38. The number of rotatable bonds is 4. The molecule has 3 nitrogen and oxygen atoms in total. The van der Waals surface area contributed by atoms with Crippen LogP contribution in [-0.4, -0.2) is 12.2 Å². The summed E-state index contributed by atoms with van der Waals surface area (Å²) in [6.07, 6.45) is 6.06. The standard InChI is InChI=1S/C14H13ClFNO2/c15-12-7-9(16)6-11(13(12)19-10-2-3-10)14(17-8-18)4-1-5-14/h6-7,10H,1-5H2. The number of aliphatic imine (C=N–C) groups is 1. The van der Waals surface area contributed by atoms with Gasteiger partial charge in [0.1, 0.15) is 17.1 Å². The molecule has 0 aliphatic heterocycles. The highest BCUT2D eigenvalue weighted by Gasteiger charge is 2.43. The van der Waals surface area contributed by atoms with Crippen molar-refractivity contribution in [3.63, 3.8) is 0 Å². The Morgan fingerprint density at radius 1 is 1.42 bits per heavy atom. The van der Waals surface area contributed by atoms with Gasteiger partial charge in [-0.1, -0.05) is 11.6 Å². The summed E-state index contributed by atoms with van der Waals surface area (Å²) in [6.45, 7) is 0. The fraction of sp³-hybridized carbons (Fsp3) is 0.500. The van der Waals surface area contributed by atoms with Crippen molar-refractivity contribution in [3.05, 3.63) is 28.5 Å². The van der Waals surface area contributed by atoms with E-state index in [1.807, 2.05) is 0 Å². The van der Waals surface area contributed by atoms with Gasteiger partial charge in [-0.2, -0.15) is 4.99 Å². The summed E-state index contributed by atoms with van der Waals surface area (Å²) >= 11 is 6.09. The summed E-state index contributed by atoms with van der Waals surface area (Å²) in [5.74, 6) is 0.0415. The van der Waals surface area contributed by atoms with E-state index in [0.717, 1.165) is 19.3 Å². The van der Waals surface area contributed by atoms with E-state index < -0.39 is 11.4 Å². The summed E-state index contributed by atoms with van der Waals surface area (Å²) in [4.78, 5) is 14.5. The molecule has 100 valence electrons. The van der Waals surface area contributed by atoms with Gasteiger partial charge in [0.05, 0.1) is 11.1 Å². The number of halogens is 2. The zero-order valence-electron chi connectivity index (χ0n) is 10.3. The number of ether oxygens (including phenoxy) is 1. The maximum atomic E-state index is 13.6. The molecule has 2 fully saturated rings. The van der Waals surface area contributed by atoms with Gasteiger partial charge in [0.2, 0.25) is 6.08 Å². The van der Waals surface area contributed by atoms with Crippen LogP contribution >= 0.6 is 11.6 Å². The average Bonchev–Trinajstić information content (AvgIpc) is 3.11. The molecule has 2 saturated carbocycles. The Bertz CT molecular complexity index is 561. The monoisotopic (exact) mass is 281 g/mol. The lowest BCUT2D eigenvalue weighted by molar-refractivity contribution is 0.232. The number of hydrogen-bond donors (Lipinski definition) is 0. The Morgan fingerprint density at radius 3 is 2.68 bits per heavy atom. The molecule has 0 bridgehead atoms. The van der Waals surface area contributed by atoms with Crippen molar-refractivity contribution in [3.8, 4) is 5.75 Å². The maximum Gasteiger partial charge on any atom is 0.235 e. The number of benzene rings is 1. The van der Waals surface area contributed by atoms with Gasteiger partial charge in [-0.15, -0.1) is 0 Å². The normalized spacial score (nSPS) is 20.3. The molecule has 2 aliphatic rings. The number of carbonyl (C=O) groups excluding carboxylic acids is 1. The number of isocyanates is 1. The minimum absolute atomic E-state index is 0.152. The van der Waals surface area contributed by atoms with E-state index in [-0.39, 0.29) is 11.1 Å². The predicted molar refractivity (Wildman–Crippen MR) is 68.7 cm³/mol. The van der Waals surface area contributed by atoms with Crippen LogP contribution in [0.1, 0.15) is 37.7 Å². The lowest BCUT2D eigenvalue weighted by Gasteiger charge is -2.38. The largest absolute Gasteiger partial charge is 0.488 e. The first kappa shape index (κ1) is 12.6. The minimum atomic E-state index is -0.697. The Balaban J connectivity index is 2.09. The molecule has 1 aromatic rings. The van der Waals surface area contributed by atoms with Gasteiger partial charge in [-0.3, -0.25) is 0 Å². The molecule has 2 aliphatic carbocycles. The smallest absolute Gasteiger partial charge is 0.235 e. The van der Waals surface area contributed by atoms with Crippen LogP contribution < -0.4 is 4.74 Å². The van der Waals surface area contributed by atoms with Gasteiger partial charge in [0.15, 0.2) is 0 Å². The molecule has 19 heavy (non-hydrogen) atoms. The maximum absolute atomic E-state index is 13.6. The van der Waals surface area contributed by atoms with E-state index in [9.17, 15) is 9.18 Å². The SMILES string of the molecule is O=C=NC1(c2cc(F)cc(Cl)c2OC2CC2)CCC1. The molecule has 0 atom stereocenters. The molecule has 0 radical (unpaired) electrons. The molecular formula is C14H13ClFNO2. The molecule has 5 heteroatoms. The van der Waals surface area contributed by atoms with Crippen molar-refractivity contribution in [2.24, 2.45) is 4.99 Å². The molecule has 0 amide bonds. The molecule has 0 unspecified atom stereocenters. The summed E-state index contributed by atoms with van der Waals surface area (Å²) in [5, 5.41) is 0.245. The summed E-state index contributed by atoms with van der Waals surface area (Å²) in [7, 11) is 0. The molecule has 1 aromatic carbocycles. The molecular weight excluding hydrogens is 269 g/mol. The Kier molecular flexibility index (Phi) is 3.08. The van der Waals surface area contributed by atoms with Gasteiger partial charge >= 0.3 is 0 Å². The van der Waals surface area contributed by atoms with E-state index in [1.54, 1.807) is 6.08 Å². The van der Waals surface area contributed by atoms with Crippen LogP contribution in [0.2, 0.25) is 5.02 Å². The summed E-state index contributed by atoms with van der Waals surface area (Å²) < 4.78 is 19.4. The van der Waals surface area contributed by atoms with E-state index in [2.05, 4.69) is 4.99 Å². The fourth-order valence-electron chi connectivity index (χ4n) is 2.42. The van der Waals surface area contributed by atoms with Crippen LogP contribution in [0, 0.1) is 5.82 Å². The Morgan fingerprint density at radius 2 is 2.16 bits per heavy atom. The third-order valence-corrected chi connectivity index (χ3v) is 4.04. The topological polar surface area (TPSA) is 38.7 Å². The highest BCUT2D eigenvalue weighted by atomic mass is 35.5. The lowest BCUT2D eigenvalue weighted by atomic mass is 9.72. The average molecular weight is 282 g/mol. The van der Waals surface area contributed by atoms with Crippen LogP contribution in [0.15, 0.2) is 17.1 Å². The quantitative estimate of drug-likeness (QED) is 0.623. The van der Waals surface area contributed by atoms with Crippen LogP contribution in [-0.2, 0) is 10.3 Å². The van der Waals surface area contributed by atoms with Crippen molar-refractivity contribution in [2.45, 2.75) is 43.7 Å². The molecule has 0 heterocycles. The molecule has 0 spiro atoms. The van der Waals surface area contributed by atoms with Crippen molar-refractivity contribution in [1.82, 2.24) is 0 Å². The van der Waals surface area contributed by atoms with Crippen molar-refractivity contribution in [2.75, 3.05) is 0 Å². The van der Waals surface area contributed by atoms with E-state index in [0.29, 0.717) is 24.2 Å². The fourth-order valence-corrected chi connectivity index (χ4v) is 2.67. The van der Waals surface area contributed by atoms with E-state index >= 15 is 0 Å². The predicted octanol–water partition coefficient (Wildman–Crippen LogP) is 3.74. The van der Waals surface area contributed by atoms with Gasteiger partial charge < -0.3 is 4.74 Å². The molecule has 0 N–H and O–H groups in total. The molecule has 0 aromatic heterocycles. The minimum Gasteiger partial charge on any atom is -0.488 e. The van der Waals surface area contributed by atoms with Crippen molar-refractivity contribution < 1.29 is 13.9 Å². The zero-order valence-corrected chi connectivity index (χ0v) is 11.0. The first-order valence-corrected chi connectivity index (χ1v) is 6.78. The van der Waals surface area contributed by atoms with E-state index in [4.69, 9.17) is 16.3 Å². The summed E-state index contributed by atoms with van der Waals surface area (Å²) in [5.41, 5.74) is -0.114. The van der Waals surface area contributed by atoms with Crippen LogP contribution in [0.25, 0.3) is 0 Å². The van der Waals surface area contributed by atoms with Crippen LogP contribution in [0.3, 0.4) is 0 Å². The summed E-state index contributed by atoms with van der Waals surface area (Å²) in [6, 6.07) is 2.61. The second-order valence-electron chi connectivity index (χ2n) is 5.17. The lowest BCUT2D eigenvalue weighted by Crippen LogP contribution is -2.32. The van der Waals surface area contributed by atoms with Crippen molar-refractivity contribution in [1.29, 1.82) is 0 Å². The van der Waals surface area contributed by atoms with Crippen LogP contribution in [0.4, 0.5) is 4.39 Å². The second-order valence-corrected chi connectivity index (χ2v) is 5.58. The first-order chi connectivity index (χ1) is 9.14. The number of hydrogen-bond acceptors (Lipinski definition) is 3. The Labute approximate surface area is 115 Å². The molecule has 3 rings (SSSR count). The first-order valence-electron chi connectivity index (χ1n) is 6.40. The highest BCUT2D eigenvalue weighted by Crippen LogP contribution is 2.50. The van der Waals surface area contributed by atoms with Crippen LogP contribution in [0.5, 0.6) is 5.75 Å². The van der Waals surface area contributed by atoms with Gasteiger partial charge in [-0.05, 0) is 44.2 Å². The number of nitrogens with zero attached hydrogens (tertiary/aromatic N) is 1. The highest BCUT2D eigenvalue weighted by molar-refractivity contribution is 6.32. The zero-order chi connectivity index (χ0) is 13.5.